The van der Waals surface area contributed by atoms with Crippen molar-refractivity contribution in [2.24, 2.45) is 17.3 Å². The Bertz CT molecular complexity index is 797. The van der Waals surface area contributed by atoms with Crippen molar-refractivity contribution < 1.29 is 33.2 Å². The third-order valence-electron chi connectivity index (χ3n) is 7.53. The minimum absolute atomic E-state index is 0.0509. The standard InChI is InChI=1S/C25H36O7/c1-17(26)31-20-12-25(30-16-27-5)11-19(20)22(21-14-29-23(2,3)32-21)24(25,4)15-28-13-18-9-7-6-8-10-18/h6-10,19-22H,11-16H2,1-5H3/t19-,20?,21-,22+,24-,25-/m1/s1. The lowest BCUT2D eigenvalue weighted by Crippen LogP contribution is -2.57. The molecule has 7 heteroatoms. The van der Waals surface area contributed by atoms with Crippen molar-refractivity contribution in [1.29, 1.82) is 0 Å². The van der Waals surface area contributed by atoms with Crippen LogP contribution in [0, 0.1) is 17.3 Å². The molecule has 3 fully saturated rings. The van der Waals surface area contributed by atoms with Gasteiger partial charge >= 0.3 is 5.97 Å². The Kier molecular flexibility index (Phi) is 6.67. The van der Waals surface area contributed by atoms with Gasteiger partial charge in [-0.25, -0.2) is 0 Å². The number of esters is 1. The highest BCUT2D eigenvalue weighted by Crippen LogP contribution is 2.66. The van der Waals surface area contributed by atoms with Gasteiger partial charge in [-0.2, -0.15) is 0 Å². The molecule has 7 nitrogen and oxygen atoms in total. The van der Waals surface area contributed by atoms with Crippen molar-refractivity contribution in [2.75, 3.05) is 27.1 Å². The fourth-order valence-electron chi connectivity index (χ4n) is 6.23. The Balaban J connectivity index is 1.62. The molecule has 2 aliphatic carbocycles. The lowest BCUT2D eigenvalue weighted by molar-refractivity contribution is -0.228. The first-order valence-electron chi connectivity index (χ1n) is 11.4. The summed E-state index contributed by atoms with van der Waals surface area (Å²) in [5.41, 5.74) is 0.225. The first-order valence-corrected chi connectivity index (χ1v) is 11.4. The lowest BCUT2D eigenvalue weighted by Gasteiger charge is -2.50. The molecule has 1 aromatic rings. The predicted molar refractivity (Wildman–Crippen MR) is 117 cm³/mol. The van der Waals surface area contributed by atoms with Gasteiger partial charge in [0.15, 0.2) is 5.79 Å². The molecule has 0 radical (unpaired) electrons. The van der Waals surface area contributed by atoms with E-state index in [0.717, 1.165) is 12.0 Å². The molecule has 178 valence electrons. The highest BCUT2D eigenvalue weighted by molar-refractivity contribution is 5.66. The van der Waals surface area contributed by atoms with E-state index in [9.17, 15) is 4.79 Å². The maximum absolute atomic E-state index is 11.8. The zero-order chi connectivity index (χ0) is 23.0. The molecule has 32 heavy (non-hydrogen) atoms. The van der Waals surface area contributed by atoms with Gasteiger partial charge in [-0.15, -0.1) is 0 Å². The number of benzene rings is 1. The van der Waals surface area contributed by atoms with Crippen LogP contribution in [-0.4, -0.2) is 56.7 Å². The molecule has 0 amide bonds. The number of fused-ring (bicyclic) bond motifs is 2. The molecule has 3 aliphatic rings. The van der Waals surface area contributed by atoms with E-state index in [1.54, 1.807) is 7.11 Å². The van der Waals surface area contributed by atoms with E-state index in [-0.39, 0.29) is 42.2 Å². The van der Waals surface area contributed by atoms with Crippen molar-refractivity contribution in [3.8, 4) is 0 Å². The Labute approximate surface area is 190 Å². The highest BCUT2D eigenvalue weighted by Gasteiger charge is 2.72. The van der Waals surface area contributed by atoms with Gasteiger partial charge in [0.2, 0.25) is 0 Å². The second-order valence-electron chi connectivity index (χ2n) is 10.1. The van der Waals surface area contributed by atoms with Crippen LogP contribution >= 0.6 is 0 Å². The first kappa shape index (κ1) is 23.6. The number of hydrogen-bond donors (Lipinski definition) is 0. The second kappa shape index (κ2) is 9.03. The summed E-state index contributed by atoms with van der Waals surface area (Å²) in [7, 11) is 1.62. The maximum Gasteiger partial charge on any atom is 0.302 e. The van der Waals surface area contributed by atoms with Crippen molar-refractivity contribution >= 4 is 5.97 Å². The van der Waals surface area contributed by atoms with Crippen LogP contribution in [0.15, 0.2) is 30.3 Å². The molecule has 1 heterocycles. The molecule has 4 rings (SSSR count). The van der Waals surface area contributed by atoms with Gasteiger partial charge in [0, 0.05) is 37.7 Å². The Hall–Kier alpha value is -1.51. The minimum atomic E-state index is -0.643. The van der Waals surface area contributed by atoms with Gasteiger partial charge < -0.3 is 28.4 Å². The maximum atomic E-state index is 11.8. The first-order chi connectivity index (χ1) is 15.2. The van der Waals surface area contributed by atoms with E-state index in [2.05, 4.69) is 19.1 Å². The van der Waals surface area contributed by atoms with E-state index < -0.39 is 11.4 Å². The minimum Gasteiger partial charge on any atom is -0.462 e. The quantitative estimate of drug-likeness (QED) is 0.421. The average Bonchev–Trinajstić information content (AvgIpc) is 3.35. The summed E-state index contributed by atoms with van der Waals surface area (Å²) in [5.74, 6) is -0.761. The van der Waals surface area contributed by atoms with Crippen LogP contribution in [0.25, 0.3) is 0 Å². The van der Waals surface area contributed by atoms with E-state index >= 15 is 0 Å². The number of carbonyl (C=O) groups is 1. The molecule has 0 spiro atoms. The molecule has 2 bridgehead atoms. The molecular weight excluding hydrogens is 412 g/mol. The van der Waals surface area contributed by atoms with Gasteiger partial charge in [0.25, 0.3) is 0 Å². The molecule has 1 aliphatic heterocycles. The molecule has 1 unspecified atom stereocenters. The molecule has 0 N–H and O–H groups in total. The predicted octanol–water partition coefficient (Wildman–Crippen LogP) is 3.69. The van der Waals surface area contributed by atoms with Gasteiger partial charge in [-0.05, 0) is 25.8 Å². The van der Waals surface area contributed by atoms with Gasteiger partial charge in [-0.3, -0.25) is 4.79 Å². The van der Waals surface area contributed by atoms with Crippen molar-refractivity contribution in [2.45, 2.75) is 70.7 Å². The highest BCUT2D eigenvalue weighted by atomic mass is 16.7. The van der Waals surface area contributed by atoms with Crippen molar-refractivity contribution in [1.82, 2.24) is 0 Å². The Morgan fingerprint density at radius 2 is 1.91 bits per heavy atom. The monoisotopic (exact) mass is 448 g/mol. The van der Waals surface area contributed by atoms with Crippen LogP contribution < -0.4 is 0 Å². The zero-order valence-corrected chi connectivity index (χ0v) is 19.8. The molecule has 1 aromatic carbocycles. The summed E-state index contributed by atoms with van der Waals surface area (Å²) in [6.07, 6.45) is 1.04. The Morgan fingerprint density at radius 1 is 1.16 bits per heavy atom. The van der Waals surface area contributed by atoms with Crippen LogP contribution in [-0.2, 0) is 39.8 Å². The zero-order valence-electron chi connectivity index (χ0n) is 19.8. The van der Waals surface area contributed by atoms with Gasteiger partial charge in [0.05, 0.1) is 31.5 Å². The van der Waals surface area contributed by atoms with Crippen LogP contribution in [0.5, 0.6) is 0 Å². The molecular formula is C25H36O7. The topological polar surface area (TPSA) is 72.5 Å². The summed E-state index contributed by atoms with van der Waals surface area (Å²) in [6, 6.07) is 10.1. The number of hydrogen-bond acceptors (Lipinski definition) is 7. The fraction of sp³-hybridized carbons (Fsp3) is 0.720. The number of carbonyl (C=O) groups excluding carboxylic acids is 1. The van der Waals surface area contributed by atoms with Crippen LogP contribution in [0.2, 0.25) is 0 Å². The molecule has 0 aromatic heterocycles. The summed E-state index contributed by atoms with van der Waals surface area (Å²) in [4.78, 5) is 11.8. The van der Waals surface area contributed by atoms with Crippen molar-refractivity contribution in [3.63, 3.8) is 0 Å². The van der Waals surface area contributed by atoms with Crippen molar-refractivity contribution in [3.05, 3.63) is 35.9 Å². The summed E-state index contributed by atoms with van der Waals surface area (Å²) < 4.78 is 36.0. The van der Waals surface area contributed by atoms with Crippen LogP contribution in [0.4, 0.5) is 0 Å². The largest absolute Gasteiger partial charge is 0.462 e. The van der Waals surface area contributed by atoms with Crippen LogP contribution in [0.1, 0.15) is 46.1 Å². The average molecular weight is 449 g/mol. The van der Waals surface area contributed by atoms with E-state index in [4.69, 9.17) is 28.4 Å². The summed E-state index contributed by atoms with van der Waals surface area (Å²) >= 11 is 0. The number of rotatable bonds is 9. The lowest BCUT2D eigenvalue weighted by atomic mass is 9.62. The molecule has 1 saturated heterocycles. The van der Waals surface area contributed by atoms with E-state index in [1.807, 2.05) is 32.0 Å². The molecule has 6 atom stereocenters. The number of ether oxygens (including phenoxy) is 6. The van der Waals surface area contributed by atoms with Crippen LogP contribution in [0.3, 0.4) is 0 Å². The van der Waals surface area contributed by atoms with E-state index in [0.29, 0.717) is 26.2 Å². The third-order valence-corrected chi connectivity index (χ3v) is 7.53. The summed E-state index contributed by atoms with van der Waals surface area (Å²) in [6.45, 7) is 9.24. The fourth-order valence-corrected chi connectivity index (χ4v) is 6.23. The van der Waals surface area contributed by atoms with E-state index in [1.165, 1.54) is 6.92 Å². The molecule has 2 saturated carbocycles. The Morgan fingerprint density at radius 3 is 2.53 bits per heavy atom. The van der Waals surface area contributed by atoms with Gasteiger partial charge in [-0.1, -0.05) is 37.3 Å². The SMILES string of the molecule is COCO[C@@]12CC(OC(C)=O)[C@@H](C1)[C@@H]([C@H]1COC(C)(C)O1)[C@@]2(C)COCc1ccccc1. The normalized spacial score (nSPS) is 37.7. The second-order valence-corrected chi connectivity index (χ2v) is 10.1. The third kappa shape index (κ3) is 4.33. The number of methoxy groups -OCH3 is 1. The van der Waals surface area contributed by atoms with Gasteiger partial charge in [0.1, 0.15) is 12.9 Å². The smallest absolute Gasteiger partial charge is 0.302 e. The summed E-state index contributed by atoms with van der Waals surface area (Å²) in [5, 5.41) is 0.